The Morgan fingerprint density at radius 3 is 2.94 bits per heavy atom. The number of aromatic carboxylic acids is 1. The number of nitrogens with zero attached hydrogens (tertiary/aromatic N) is 1. The first-order valence-corrected chi connectivity index (χ1v) is 5.69. The van der Waals surface area contributed by atoms with Gasteiger partial charge >= 0.3 is 5.97 Å². The van der Waals surface area contributed by atoms with Gasteiger partial charge in [0, 0.05) is 18.7 Å². The normalized spacial score (nSPS) is 12.9. The maximum absolute atomic E-state index is 11.8. The number of carbonyl (C=O) groups is 2. The van der Waals surface area contributed by atoms with Crippen molar-refractivity contribution in [3.05, 3.63) is 29.3 Å². The standard InChI is InChI=1S/C14H13NO3/c1-2-3-4-7-15-12-8-11(14(17)18)6-5-10(12)9-13(15)16/h5-6,8H,4,7,9H2,1H3,(H,17,18). The van der Waals surface area contributed by atoms with E-state index >= 15 is 0 Å². The largest absolute Gasteiger partial charge is 0.478 e. The number of benzene rings is 1. The number of anilines is 1. The first kappa shape index (κ1) is 12.2. The van der Waals surface area contributed by atoms with Crippen molar-refractivity contribution in [2.24, 2.45) is 0 Å². The summed E-state index contributed by atoms with van der Waals surface area (Å²) >= 11 is 0. The molecule has 2 rings (SSSR count). The Morgan fingerprint density at radius 1 is 1.50 bits per heavy atom. The van der Waals surface area contributed by atoms with Gasteiger partial charge < -0.3 is 10.0 Å². The fourth-order valence-corrected chi connectivity index (χ4v) is 2.03. The second-order valence-corrected chi connectivity index (χ2v) is 4.05. The van der Waals surface area contributed by atoms with Gasteiger partial charge in [-0.25, -0.2) is 4.79 Å². The molecule has 92 valence electrons. The minimum atomic E-state index is -0.981. The maximum atomic E-state index is 11.8. The van der Waals surface area contributed by atoms with E-state index < -0.39 is 5.97 Å². The van der Waals surface area contributed by atoms with Gasteiger partial charge in [-0.05, 0) is 24.6 Å². The van der Waals surface area contributed by atoms with Crippen LogP contribution in [0.2, 0.25) is 0 Å². The molecule has 1 aliphatic rings. The minimum Gasteiger partial charge on any atom is -0.478 e. The molecule has 0 radical (unpaired) electrons. The predicted octanol–water partition coefficient (Wildman–Crippen LogP) is 1.69. The topological polar surface area (TPSA) is 57.6 Å². The van der Waals surface area contributed by atoms with Crippen molar-refractivity contribution in [3.8, 4) is 11.8 Å². The molecule has 4 heteroatoms. The van der Waals surface area contributed by atoms with Gasteiger partial charge in [0.05, 0.1) is 12.0 Å². The van der Waals surface area contributed by atoms with Crippen LogP contribution in [-0.2, 0) is 11.2 Å². The van der Waals surface area contributed by atoms with Gasteiger partial charge in [-0.15, -0.1) is 11.8 Å². The summed E-state index contributed by atoms with van der Waals surface area (Å²) in [5.41, 5.74) is 1.79. The van der Waals surface area contributed by atoms with Crippen molar-refractivity contribution in [2.45, 2.75) is 19.8 Å². The number of carbonyl (C=O) groups excluding carboxylic acids is 1. The molecular formula is C14H13NO3. The Kier molecular flexibility index (Phi) is 3.33. The summed E-state index contributed by atoms with van der Waals surface area (Å²) in [6.45, 7) is 2.26. The first-order chi connectivity index (χ1) is 8.63. The van der Waals surface area contributed by atoms with E-state index in [0.29, 0.717) is 25.1 Å². The third-order valence-electron chi connectivity index (χ3n) is 2.90. The Morgan fingerprint density at radius 2 is 2.28 bits per heavy atom. The van der Waals surface area contributed by atoms with Gasteiger partial charge in [-0.3, -0.25) is 4.79 Å². The SMILES string of the molecule is CC#CCCN1C(=O)Cc2ccc(C(=O)O)cc21. The van der Waals surface area contributed by atoms with Crippen LogP contribution in [-0.4, -0.2) is 23.5 Å². The summed E-state index contributed by atoms with van der Waals surface area (Å²) in [4.78, 5) is 24.4. The zero-order valence-electron chi connectivity index (χ0n) is 10.1. The third kappa shape index (κ3) is 2.21. The highest BCUT2D eigenvalue weighted by Crippen LogP contribution is 2.29. The van der Waals surface area contributed by atoms with Crippen LogP contribution in [0.1, 0.15) is 29.3 Å². The van der Waals surface area contributed by atoms with Crippen LogP contribution < -0.4 is 4.90 Å². The lowest BCUT2D eigenvalue weighted by Crippen LogP contribution is -2.27. The van der Waals surface area contributed by atoms with Crippen LogP contribution in [0.15, 0.2) is 18.2 Å². The summed E-state index contributed by atoms with van der Waals surface area (Å²) < 4.78 is 0. The molecule has 0 bridgehead atoms. The maximum Gasteiger partial charge on any atom is 0.335 e. The zero-order chi connectivity index (χ0) is 13.1. The number of hydrogen-bond acceptors (Lipinski definition) is 2. The highest BCUT2D eigenvalue weighted by molar-refractivity contribution is 6.03. The van der Waals surface area contributed by atoms with E-state index in [-0.39, 0.29) is 11.5 Å². The molecule has 0 aromatic heterocycles. The van der Waals surface area contributed by atoms with Crippen molar-refractivity contribution < 1.29 is 14.7 Å². The average molecular weight is 243 g/mol. The number of hydrogen-bond donors (Lipinski definition) is 1. The summed E-state index contributed by atoms with van der Waals surface area (Å²) in [7, 11) is 0. The Labute approximate surface area is 105 Å². The summed E-state index contributed by atoms with van der Waals surface area (Å²) in [5, 5.41) is 8.96. The molecule has 0 aliphatic carbocycles. The molecule has 1 aliphatic heterocycles. The molecule has 18 heavy (non-hydrogen) atoms. The number of fused-ring (bicyclic) bond motifs is 1. The second-order valence-electron chi connectivity index (χ2n) is 4.05. The number of amides is 1. The molecule has 1 heterocycles. The van der Waals surface area contributed by atoms with E-state index in [0.717, 1.165) is 5.56 Å². The molecule has 1 aromatic carbocycles. The lowest BCUT2D eigenvalue weighted by atomic mass is 10.1. The summed E-state index contributed by atoms with van der Waals surface area (Å²) in [6, 6.07) is 4.80. The van der Waals surface area contributed by atoms with Gasteiger partial charge in [0.2, 0.25) is 5.91 Å². The van der Waals surface area contributed by atoms with Crippen LogP contribution in [0.5, 0.6) is 0 Å². The fourth-order valence-electron chi connectivity index (χ4n) is 2.03. The smallest absolute Gasteiger partial charge is 0.335 e. The van der Waals surface area contributed by atoms with Gasteiger partial charge in [0.1, 0.15) is 0 Å². The number of rotatable bonds is 3. The Balaban J connectivity index is 2.29. The van der Waals surface area contributed by atoms with Crippen molar-refractivity contribution >= 4 is 17.6 Å². The van der Waals surface area contributed by atoms with Crippen molar-refractivity contribution in [1.29, 1.82) is 0 Å². The molecule has 0 fully saturated rings. The van der Waals surface area contributed by atoms with Crippen molar-refractivity contribution in [3.63, 3.8) is 0 Å². The molecule has 1 amide bonds. The summed E-state index contributed by atoms with van der Waals surface area (Å²) in [6.07, 6.45) is 0.938. The quantitative estimate of drug-likeness (QED) is 0.822. The van der Waals surface area contributed by atoms with E-state index in [2.05, 4.69) is 11.8 Å². The van der Waals surface area contributed by atoms with Crippen LogP contribution in [0.4, 0.5) is 5.69 Å². The van der Waals surface area contributed by atoms with E-state index in [1.807, 2.05) is 0 Å². The van der Waals surface area contributed by atoms with Crippen LogP contribution >= 0.6 is 0 Å². The van der Waals surface area contributed by atoms with Crippen molar-refractivity contribution in [1.82, 2.24) is 0 Å². The van der Waals surface area contributed by atoms with E-state index in [1.165, 1.54) is 6.07 Å². The Hall–Kier alpha value is -2.28. The van der Waals surface area contributed by atoms with Gasteiger partial charge in [0.25, 0.3) is 0 Å². The molecule has 1 aromatic rings. The van der Waals surface area contributed by atoms with Gasteiger partial charge in [0.15, 0.2) is 0 Å². The van der Waals surface area contributed by atoms with E-state index in [1.54, 1.807) is 24.0 Å². The Bertz CT molecular complexity index is 566. The third-order valence-corrected chi connectivity index (χ3v) is 2.90. The minimum absolute atomic E-state index is 0.00504. The fraction of sp³-hybridized carbons (Fsp3) is 0.286. The van der Waals surface area contributed by atoms with Crippen LogP contribution in [0, 0.1) is 11.8 Å². The van der Waals surface area contributed by atoms with E-state index in [4.69, 9.17) is 5.11 Å². The van der Waals surface area contributed by atoms with Crippen LogP contribution in [0.25, 0.3) is 0 Å². The highest BCUT2D eigenvalue weighted by Gasteiger charge is 2.27. The molecule has 0 saturated heterocycles. The molecule has 4 nitrogen and oxygen atoms in total. The zero-order valence-corrected chi connectivity index (χ0v) is 10.1. The van der Waals surface area contributed by atoms with Crippen molar-refractivity contribution in [2.75, 3.05) is 11.4 Å². The monoisotopic (exact) mass is 243 g/mol. The summed E-state index contributed by atoms with van der Waals surface area (Å²) in [5.74, 6) is 4.71. The average Bonchev–Trinajstić information content (AvgIpc) is 2.65. The first-order valence-electron chi connectivity index (χ1n) is 5.69. The lowest BCUT2D eigenvalue weighted by Gasteiger charge is -2.16. The molecule has 0 saturated carbocycles. The van der Waals surface area contributed by atoms with Gasteiger partial charge in [-0.2, -0.15) is 0 Å². The highest BCUT2D eigenvalue weighted by atomic mass is 16.4. The van der Waals surface area contributed by atoms with Gasteiger partial charge in [-0.1, -0.05) is 6.07 Å². The molecule has 1 N–H and O–H groups in total. The lowest BCUT2D eigenvalue weighted by molar-refractivity contribution is -0.117. The van der Waals surface area contributed by atoms with E-state index in [9.17, 15) is 9.59 Å². The molecule has 0 atom stereocenters. The molecule has 0 unspecified atom stereocenters. The molecular weight excluding hydrogens is 230 g/mol. The van der Waals surface area contributed by atoms with Crippen LogP contribution in [0.3, 0.4) is 0 Å². The second kappa shape index (κ2) is 4.92. The number of carboxylic acids is 1. The number of carboxylic acid groups (broad SMARTS) is 1. The molecule has 0 spiro atoms. The predicted molar refractivity (Wildman–Crippen MR) is 67.5 cm³/mol.